The minimum atomic E-state index is -0.588. The lowest BCUT2D eigenvalue weighted by atomic mass is 10.1. The zero-order chi connectivity index (χ0) is 10.8. The number of β-lactam (4-membered cyclic amide) rings is 1. The third-order valence-electron chi connectivity index (χ3n) is 2.21. The Labute approximate surface area is 90.7 Å². The maximum Gasteiger partial charge on any atom is 0.355 e. The van der Waals surface area contributed by atoms with Crippen LogP contribution in [0.1, 0.15) is 6.42 Å². The Morgan fingerprint density at radius 2 is 2.60 bits per heavy atom. The highest BCUT2D eigenvalue weighted by atomic mass is 32.2. The van der Waals surface area contributed by atoms with Gasteiger partial charge in [-0.15, -0.1) is 11.8 Å². The number of carbonyl (C=O) groups is 2. The Kier molecular flexibility index (Phi) is 2.64. The molecule has 15 heavy (non-hydrogen) atoms. The molecule has 0 aliphatic carbocycles. The predicted octanol–water partition coefficient (Wildman–Crippen LogP) is 0.242. The van der Waals surface area contributed by atoms with Gasteiger partial charge in [0.25, 0.3) is 0 Å². The maximum absolute atomic E-state index is 11.4. The van der Waals surface area contributed by atoms with E-state index in [9.17, 15) is 9.59 Å². The van der Waals surface area contributed by atoms with Gasteiger partial charge in [0.05, 0.1) is 11.8 Å². The Bertz CT molecular complexity index is 385. The number of fused-ring (bicyclic) bond motifs is 1. The van der Waals surface area contributed by atoms with E-state index in [2.05, 4.69) is 4.74 Å². The van der Waals surface area contributed by atoms with Crippen molar-refractivity contribution in [2.45, 2.75) is 11.8 Å². The minimum absolute atomic E-state index is 0.0626. The third kappa shape index (κ3) is 1.70. The largest absolute Gasteiger partial charge is 0.446 e. The first kappa shape index (κ1) is 10.1. The number of rotatable bonds is 2. The van der Waals surface area contributed by atoms with Crippen molar-refractivity contribution >= 4 is 23.6 Å². The van der Waals surface area contributed by atoms with E-state index in [4.69, 9.17) is 5.26 Å². The average molecular weight is 224 g/mol. The van der Waals surface area contributed by atoms with Gasteiger partial charge in [0.15, 0.2) is 6.61 Å². The van der Waals surface area contributed by atoms with Crippen LogP contribution in [0, 0.1) is 11.3 Å². The molecule has 2 heterocycles. The molecule has 5 nitrogen and oxygen atoms in total. The van der Waals surface area contributed by atoms with Crippen molar-refractivity contribution in [3.63, 3.8) is 0 Å². The number of amides is 1. The summed E-state index contributed by atoms with van der Waals surface area (Å²) >= 11 is 1.62. The van der Waals surface area contributed by atoms with Crippen molar-refractivity contribution in [1.29, 1.82) is 5.26 Å². The molecule has 0 radical (unpaired) electrons. The summed E-state index contributed by atoms with van der Waals surface area (Å²) in [7, 11) is 0. The van der Waals surface area contributed by atoms with E-state index in [1.165, 1.54) is 4.90 Å². The molecule has 0 spiro atoms. The summed E-state index contributed by atoms with van der Waals surface area (Å²) in [5.41, 5.74) is 0.283. The molecule has 0 saturated carbocycles. The molecule has 0 unspecified atom stereocenters. The molecule has 1 fully saturated rings. The van der Waals surface area contributed by atoms with Gasteiger partial charge >= 0.3 is 5.97 Å². The molecule has 1 saturated heterocycles. The molecule has 6 heteroatoms. The first-order valence-electron chi connectivity index (χ1n) is 4.42. The zero-order valence-corrected chi connectivity index (χ0v) is 8.62. The fourth-order valence-corrected chi connectivity index (χ4v) is 2.62. The number of thioether (sulfide) groups is 1. The molecule has 2 aliphatic rings. The van der Waals surface area contributed by atoms with Gasteiger partial charge in [-0.1, -0.05) is 0 Å². The van der Waals surface area contributed by atoms with Gasteiger partial charge in [0.1, 0.15) is 11.8 Å². The van der Waals surface area contributed by atoms with Gasteiger partial charge in [0, 0.05) is 5.75 Å². The number of hydrogen-bond donors (Lipinski definition) is 0. The number of nitrogens with zero attached hydrogens (tertiary/aromatic N) is 2. The minimum Gasteiger partial charge on any atom is -0.446 e. The molecule has 2 rings (SSSR count). The fraction of sp³-hybridized carbons (Fsp3) is 0.444. The highest BCUT2D eigenvalue weighted by molar-refractivity contribution is 8.00. The number of nitriles is 1. The van der Waals surface area contributed by atoms with E-state index in [1.54, 1.807) is 23.9 Å². The molecule has 0 N–H and O–H groups in total. The molecular weight excluding hydrogens is 216 g/mol. The van der Waals surface area contributed by atoms with E-state index in [0.717, 1.165) is 0 Å². The van der Waals surface area contributed by atoms with Crippen LogP contribution >= 0.6 is 11.8 Å². The van der Waals surface area contributed by atoms with Crippen LogP contribution in [0.5, 0.6) is 0 Å². The van der Waals surface area contributed by atoms with Gasteiger partial charge in [-0.25, -0.2) is 4.79 Å². The second-order valence-electron chi connectivity index (χ2n) is 3.08. The average Bonchev–Trinajstić information content (AvgIpc) is 2.23. The molecule has 1 atom stereocenters. The van der Waals surface area contributed by atoms with E-state index in [1.807, 2.05) is 0 Å². The van der Waals surface area contributed by atoms with Gasteiger partial charge < -0.3 is 4.74 Å². The molecule has 0 aromatic heterocycles. The monoisotopic (exact) mass is 224 g/mol. The van der Waals surface area contributed by atoms with Crippen molar-refractivity contribution in [2.75, 3.05) is 12.4 Å². The van der Waals surface area contributed by atoms with Crippen LogP contribution in [0.3, 0.4) is 0 Å². The summed E-state index contributed by atoms with van der Waals surface area (Å²) in [5.74, 6) is 0.0491. The zero-order valence-electron chi connectivity index (χ0n) is 7.80. The number of ether oxygens (including phenoxy) is 1. The lowest BCUT2D eigenvalue weighted by Crippen LogP contribution is -2.53. The van der Waals surface area contributed by atoms with Gasteiger partial charge in [-0.2, -0.15) is 5.26 Å². The lowest BCUT2D eigenvalue weighted by molar-refractivity contribution is -0.148. The first-order valence-corrected chi connectivity index (χ1v) is 5.47. The van der Waals surface area contributed by atoms with Crippen molar-refractivity contribution in [3.05, 3.63) is 11.8 Å². The number of carbonyl (C=O) groups excluding carboxylic acids is 2. The highest BCUT2D eigenvalue weighted by Crippen LogP contribution is 2.37. The second kappa shape index (κ2) is 3.95. The molecule has 0 aromatic carbocycles. The molecule has 2 aliphatic heterocycles. The summed E-state index contributed by atoms with van der Waals surface area (Å²) in [6.45, 7) is -0.282. The SMILES string of the molecule is N#CCOC(=O)C1=CCS[C@@H]2CC(=O)N12. The Morgan fingerprint density at radius 1 is 1.80 bits per heavy atom. The van der Waals surface area contributed by atoms with Crippen LogP contribution in [0.15, 0.2) is 11.8 Å². The van der Waals surface area contributed by atoms with Crippen LogP contribution in [-0.2, 0) is 14.3 Å². The van der Waals surface area contributed by atoms with Crippen LogP contribution in [-0.4, -0.2) is 34.5 Å². The smallest absolute Gasteiger partial charge is 0.355 e. The van der Waals surface area contributed by atoms with Crippen LogP contribution in [0.25, 0.3) is 0 Å². The summed E-state index contributed by atoms with van der Waals surface area (Å²) in [5, 5.41) is 8.34. The summed E-state index contributed by atoms with van der Waals surface area (Å²) in [6.07, 6.45) is 2.14. The molecule has 78 valence electrons. The Balaban J connectivity index is 2.07. The Morgan fingerprint density at radius 3 is 3.27 bits per heavy atom. The van der Waals surface area contributed by atoms with Crippen LogP contribution < -0.4 is 0 Å². The molecule has 0 bridgehead atoms. The quantitative estimate of drug-likeness (QED) is 0.496. The van der Waals surface area contributed by atoms with Crippen LogP contribution in [0.4, 0.5) is 0 Å². The van der Waals surface area contributed by atoms with E-state index in [0.29, 0.717) is 12.2 Å². The number of esters is 1. The third-order valence-corrected chi connectivity index (χ3v) is 3.33. The van der Waals surface area contributed by atoms with Gasteiger partial charge in [-0.05, 0) is 6.08 Å². The van der Waals surface area contributed by atoms with Crippen LogP contribution in [0.2, 0.25) is 0 Å². The molecular formula is C9H8N2O3S. The van der Waals surface area contributed by atoms with Gasteiger partial charge in [-0.3, -0.25) is 9.69 Å². The maximum atomic E-state index is 11.4. The second-order valence-corrected chi connectivity index (χ2v) is 4.29. The standard InChI is InChI=1S/C9H8N2O3S/c10-2-3-14-9(13)6-1-4-15-8-5-7(12)11(6)8/h1,8H,3-5H2/t8-/m1/s1. The predicted molar refractivity (Wildman–Crippen MR) is 52.4 cm³/mol. The van der Waals surface area contributed by atoms with E-state index in [-0.39, 0.29) is 23.6 Å². The fourth-order valence-electron chi connectivity index (χ4n) is 1.50. The van der Waals surface area contributed by atoms with E-state index >= 15 is 0 Å². The van der Waals surface area contributed by atoms with Crippen molar-refractivity contribution in [2.24, 2.45) is 0 Å². The summed E-state index contributed by atoms with van der Waals surface area (Å²) in [4.78, 5) is 24.1. The van der Waals surface area contributed by atoms with Crippen molar-refractivity contribution < 1.29 is 14.3 Å². The Hall–Kier alpha value is -1.48. The lowest BCUT2D eigenvalue weighted by Gasteiger charge is -2.42. The summed E-state index contributed by atoms with van der Waals surface area (Å²) in [6, 6.07) is 1.71. The number of hydrogen-bond acceptors (Lipinski definition) is 5. The van der Waals surface area contributed by atoms with Gasteiger partial charge in [0.2, 0.25) is 5.91 Å². The summed E-state index contributed by atoms with van der Waals surface area (Å²) < 4.78 is 4.66. The normalized spacial score (nSPS) is 23.4. The van der Waals surface area contributed by atoms with Crippen molar-refractivity contribution in [1.82, 2.24) is 4.90 Å². The molecule has 1 amide bonds. The topological polar surface area (TPSA) is 70.4 Å². The molecule has 0 aromatic rings. The first-order chi connectivity index (χ1) is 7.24. The highest BCUT2D eigenvalue weighted by Gasteiger charge is 2.43. The van der Waals surface area contributed by atoms with E-state index < -0.39 is 5.97 Å². The van der Waals surface area contributed by atoms with Crippen molar-refractivity contribution in [3.8, 4) is 6.07 Å².